The number of nitro benzene ring substituents is 1. The maximum atomic E-state index is 12.5. The van der Waals surface area contributed by atoms with Crippen LogP contribution >= 0.6 is 15.9 Å². The van der Waals surface area contributed by atoms with Crippen LogP contribution in [0.2, 0.25) is 0 Å². The Hall–Kier alpha value is -2.40. The minimum absolute atomic E-state index is 0.113. The van der Waals surface area contributed by atoms with Crippen LogP contribution in [-0.4, -0.2) is 72.0 Å². The first kappa shape index (κ1) is 23.9. The highest BCUT2D eigenvalue weighted by Gasteiger charge is 2.34. The lowest BCUT2D eigenvalue weighted by molar-refractivity contribution is -0.385. The molecule has 0 aromatic heterocycles. The van der Waals surface area contributed by atoms with Crippen molar-refractivity contribution in [2.45, 2.75) is 38.8 Å². The molecular weight excluding hydrogens is 462 g/mol. The Bertz CT molecular complexity index is 825. The maximum Gasteiger partial charge on any atom is 0.410 e. The summed E-state index contributed by atoms with van der Waals surface area (Å²) in [6.45, 7) is 6.29. The van der Waals surface area contributed by atoms with Gasteiger partial charge in [0.2, 0.25) is 0 Å². The fraction of sp³-hybridized carbons (Fsp3) is 0.579. The van der Waals surface area contributed by atoms with E-state index in [2.05, 4.69) is 15.9 Å². The van der Waals surface area contributed by atoms with Crippen molar-refractivity contribution in [2.24, 2.45) is 0 Å². The molecule has 1 N–H and O–H groups in total. The van der Waals surface area contributed by atoms with Crippen LogP contribution in [0.3, 0.4) is 0 Å². The van der Waals surface area contributed by atoms with E-state index in [1.54, 1.807) is 25.7 Å². The number of carbonyl (C=O) groups is 2. The van der Waals surface area contributed by atoms with Gasteiger partial charge in [0, 0.05) is 42.8 Å². The SMILES string of the molecule is COC(=O)c1cc(N2CCN(C(=O)OC(C)(C)C)CC2CCO)c(Br)cc1[N+](=O)[O-]. The number of nitro groups is 1. The molecule has 1 aromatic rings. The molecule has 11 heteroatoms. The van der Waals surface area contributed by atoms with Gasteiger partial charge in [0.15, 0.2) is 0 Å². The Kier molecular flexibility index (Phi) is 7.64. The minimum atomic E-state index is -0.818. The highest BCUT2D eigenvalue weighted by Crippen LogP contribution is 2.36. The number of anilines is 1. The smallest absolute Gasteiger partial charge is 0.410 e. The van der Waals surface area contributed by atoms with Crippen molar-refractivity contribution in [3.8, 4) is 0 Å². The van der Waals surface area contributed by atoms with Crippen LogP contribution in [0.4, 0.5) is 16.2 Å². The van der Waals surface area contributed by atoms with Gasteiger partial charge in [-0.1, -0.05) is 0 Å². The highest BCUT2D eigenvalue weighted by atomic mass is 79.9. The molecule has 0 aliphatic carbocycles. The number of methoxy groups -OCH3 is 1. The number of aliphatic hydroxyl groups excluding tert-OH is 1. The summed E-state index contributed by atoms with van der Waals surface area (Å²) in [6, 6.07) is 2.39. The molecule has 1 saturated heterocycles. The van der Waals surface area contributed by atoms with Crippen molar-refractivity contribution in [1.82, 2.24) is 4.90 Å². The number of halogens is 1. The minimum Gasteiger partial charge on any atom is -0.465 e. The van der Waals surface area contributed by atoms with E-state index in [1.807, 2.05) is 4.90 Å². The number of benzene rings is 1. The zero-order valence-electron chi connectivity index (χ0n) is 17.4. The highest BCUT2D eigenvalue weighted by molar-refractivity contribution is 9.10. The average Bonchev–Trinajstić information content (AvgIpc) is 2.66. The van der Waals surface area contributed by atoms with E-state index in [0.717, 1.165) is 7.11 Å². The lowest BCUT2D eigenvalue weighted by Crippen LogP contribution is -2.56. The summed E-state index contributed by atoms with van der Waals surface area (Å²) in [5.41, 5.74) is -0.623. The van der Waals surface area contributed by atoms with Crippen molar-refractivity contribution in [3.05, 3.63) is 32.3 Å². The third kappa shape index (κ3) is 5.60. The van der Waals surface area contributed by atoms with E-state index in [1.165, 1.54) is 12.1 Å². The predicted molar refractivity (Wildman–Crippen MR) is 113 cm³/mol. The first-order valence-electron chi connectivity index (χ1n) is 9.40. The molecule has 0 saturated carbocycles. The van der Waals surface area contributed by atoms with Gasteiger partial charge in [-0.15, -0.1) is 0 Å². The third-order valence-corrected chi connectivity index (χ3v) is 5.21. The maximum absolute atomic E-state index is 12.5. The van der Waals surface area contributed by atoms with Crippen molar-refractivity contribution in [1.29, 1.82) is 0 Å². The monoisotopic (exact) mass is 487 g/mol. The molecule has 30 heavy (non-hydrogen) atoms. The van der Waals surface area contributed by atoms with Gasteiger partial charge in [0.25, 0.3) is 5.69 Å². The summed E-state index contributed by atoms with van der Waals surface area (Å²) in [5, 5.41) is 20.9. The van der Waals surface area contributed by atoms with Crippen molar-refractivity contribution in [3.63, 3.8) is 0 Å². The Morgan fingerprint density at radius 1 is 1.33 bits per heavy atom. The van der Waals surface area contributed by atoms with E-state index in [-0.39, 0.29) is 23.9 Å². The number of rotatable bonds is 5. The van der Waals surface area contributed by atoms with Gasteiger partial charge in [0.05, 0.1) is 17.7 Å². The Labute approximate surface area is 183 Å². The Morgan fingerprint density at radius 3 is 2.53 bits per heavy atom. The summed E-state index contributed by atoms with van der Waals surface area (Å²) in [4.78, 5) is 38.7. The number of amides is 1. The largest absolute Gasteiger partial charge is 0.465 e. The summed E-state index contributed by atoms with van der Waals surface area (Å²) >= 11 is 3.35. The van der Waals surface area contributed by atoms with Gasteiger partial charge in [-0.25, -0.2) is 9.59 Å². The van der Waals surface area contributed by atoms with Gasteiger partial charge in [0.1, 0.15) is 11.2 Å². The standard InChI is InChI=1S/C19H26BrN3O7/c1-19(2,3)30-18(26)21-6-7-22(12(11-21)5-8-24)16-9-13(17(25)29-4)15(23(27)28)10-14(16)20/h9-10,12,24H,5-8,11H2,1-4H3. The van der Waals surface area contributed by atoms with E-state index >= 15 is 0 Å². The van der Waals surface area contributed by atoms with Crippen LogP contribution in [0.5, 0.6) is 0 Å². The van der Waals surface area contributed by atoms with E-state index in [4.69, 9.17) is 9.47 Å². The number of piperazine rings is 1. The molecule has 1 fully saturated rings. The second-order valence-corrected chi connectivity index (χ2v) is 8.71. The molecule has 1 atom stereocenters. The molecule has 1 aliphatic rings. The van der Waals surface area contributed by atoms with Crippen LogP contribution in [0.15, 0.2) is 16.6 Å². The number of esters is 1. The summed E-state index contributed by atoms with van der Waals surface area (Å²) in [5.74, 6) is -0.818. The molecule has 0 bridgehead atoms. The molecule has 0 spiro atoms. The summed E-state index contributed by atoms with van der Waals surface area (Å²) in [6.07, 6.45) is -0.0841. The average molecular weight is 488 g/mol. The first-order chi connectivity index (χ1) is 14.0. The zero-order chi connectivity index (χ0) is 22.6. The first-order valence-corrected chi connectivity index (χ1v) is 10.2. The predicted octanol–water partition coefficient (Wildman–Crippen LogP) is 2.95. The topological polar surface area (TPSA) is 122 Å². The number of nitrogens with zero attached hydrogens (tertiary/aromatic N) is 3. The van der Waals surface area contributed by atoms with E-state index < -0.39 is 22.6 Å². The molecule has 1 unspecified atom stereocenters. The molecule has 0 radical (unpaired) electrons. The number of aliphatic hydroxyl groups is 1. The van der Waals surface area contributed by atoms with E-state index in [9.17, 15) is 24.8 Å². The molecule has 1 aromatic carbocycles. The van der Waals surface area contributed by atoms with Crippen molar-refractivity contribution >= 4 is 39.4 Å². The molecule has 1 heterocycles. The van der Waals surface area contributed by atoms with Crippen LogP contribution in [-0.2, 0) is 9.47 Å². The molecule has 1 amide bonds. The number of carbonyl (C=O) groups excluding carboxylic acids is 2. The molecule has 2 rings (SSSR count). The van der Waals surface area contributed by atoms with E-state index in [0.29, 0.717) is 36.2 Å². The fourth-order valence-electron chi connectivity index (χ4n) is 3.26. The van der Waals surface area contributed by atoms with Crippen molar-refractivity contribution < 1.29 is 29.1 Å². The van der Waals surface area contributed by atoms with Gasteiger partial charge in [-0.2, -0.15) is 0 Å². The molecule has 1 aliphatic heterocycles. The Balaban J connectivity index is 2.37. The van der Waals surface area contributed by atoms with Crippen LogP contribution in [0.1, 0.15) is 37.6 Å². The fourth-order valence-corrected chi connectivity index (χ4v) is 3.82. The van der Waals surface area contributed by atoms with Crippen molar-refractivity contribution in [2.75, 3.05) is 38.3 Å². The Morgan fingerprint density at radius 2 is 2.00 bits per heavy atom. The summed E-state index contributed by atoms with van der Waals surface area (Å²) < 4.78 is 10.6. The zero-order valence-corrected chi connectivity index (χ0v) is 19.0. The molecule has 10 nitrogen and oxygen atoms in total. The second-order valence-electron chi connectivity index (χ2n) is 7.86. The molecule has 166 valence electrons. The van der Waals surface area contributed by atoms with Gasteiger partial charge in [-0.3, -0.25) is 10.1 Å². The third-order valence-electron chi connectivity index (χ3n) is 4.57. The summed E-state index contributed by atoms with van der Waals surface area (Å²) in [7, 11) is 1.15. The van der Waals surface area contributed by atoms with Crippen LogP contribution in [0, 0.1) is 10.1 Å². The number of ether oxygens (including phenoxy) is 2. The van der Waals surface area contributed by atoms with Gasteiger partial charge in [-0.05, 0) is 49.2 Å². The quantitative estimate of drug-likeness (QED) is 0.382. The normalized spacial score (nSPS) is 16.9. The lowest BCUT2D eigenvalue weighted by Gasteiger charge is -2.43. The van der Waals surface area contributed by atoms with Crippen LogP contribution < -0.4 is 4.90 Å². The number of hydrogen-bond acceptors (Lipinski definition) is 8. The lowest BCUT2D eigenvalue weighted by atomic mass is 10.1. The molecular formula is C19H26BrN3O7. The van der Waals surface area contributed by atoms with Gasteiger partial charge >= 0.3 is 12.1 Å². The van der Waals surface area contributed by atoms with Gasteiger partial charge < -0.3 is 24.4 Å². The number of hydrogen-bond donors (Lipinski definition) is 1. The van der Waals surface area contributed by atoms with Crippen LogP contribution in [0.25, 0.3) is 0 Å². The second kappa shape index (κ2) is 9.61.